The van der Waals surface area contributed by atoms with Crippen LogP contribution in [0.3, 0.4) is 0 Å². The fourth-order valence-corrected chi connectivity index (χ4v) is 1.57. The summed E-state index contributed by atoms with van der Waals surface area (Å²) in [5, 5.41) is 0. The van der Waals surface area contributed by atoms with E-state index in [0.29, 0.717) is 6.61 Å². The molecule has 0 aromatic heterocycles. The number of hydrogen-bond acceptors (Lipinski definition) is 2. The lowest BCUT2D eigenvalue weighted by Crippen LogP contribution is -2.01. The molecule has 46 valence electrons. The molecule has 0 aromatic carbocycles. The van der Waals surface area contributed by atoms with Gasteiger partial charge in [-0.3, -0.25) is 0 Å². The third kappa shape index (κ3) is 1.43. The van der Waals surface area contributed by atoms with Crippen molar-refractivity contribution in [1.29, 1.82) is 0 Å². The second-order valence-electron chi connectivity index (χ2n) is 1.39. The quantitative estimate of drug-likeness (QED) is 0.423. The van der Waals surface area contributed by atoms with Gasteiger partial charge in [0, 0.05) is 0 Å². The van der Waals surface area contributed by atoms with Crippen LogP contribution in [0.2, 0.25) is 0 Å². The van der Waals surface area contributed by atoms with Gasteiger partial charge in [0.2, 0.25) is 0 Å². The van der Waals surface area contributed by atoms with Crippen molar-refractivity contribution in [1.82, 2.24) is 0 Å². The predicted molar refractivity (Wildman–Crippen MR) is 33.8 cm³/mol. The first-order chi connectivity index (χ1) is 3.83. The lowest BCUT2D eigenvalue weighted by atomic mass is 10.4. The molecular weight excluding hydrogens is 146 g/mol. The van der Waals surface area contributed by atoms with Gasteiger partial charge in [-0.1, -0.05) is 6.08 Å². The van der Waals surface area contributed by atoms with Crippen molar-refractivity contribution >= 4 is 19.0 Å². The monoisotopic (exact) mass is 152 g/mol. The van der Waals surface area contributed by atoms with E-state index in [1.54, 1.807) is 6.08 Å². The Balaban J connectivity index is 2.32. The fourth-order valence-electron chi connectivity index (χ4n) is 0.410. The maximum atomic E-state index is 5.46. The molecule has 0 saturated carbocycles. The van der Waals surface area contributed by atoms with E-state index in [0.717, 1.165) is 0 Å². The number of hydrogen-bond donors (Lipinski definition) is 0. The molecule has 4 heteroatoms. The van der Waals surface area contributed by atoms with E-state index in [-0.39, 0.29) is 6.10 Å². The molecule has 0 radical (unpaired) electrons. The van der Waals surface area contributed by atoms with Gasteiger partial charge in [0.05, 0.1) is 6.61 Å². The summed E-state index contributed by atoms with van der Waals surface area (Å²) < 4.78 is 9.89. The van der Waals surface area contributed by atoms with Gasteiger partial charge >= 0.3 is 0 Å². The van der Waals surface area contributed by atoms with E-state index in [4.69, 9.17) is 20.3 Å². The first-order valence-electron chi connectivity index (χ1n) is 2.21. The summed E-state index contributed by atoms with van der Waals surface area (Å²) in [5.41, 5.74) is 0. The minimum Gasteiger partial charge on any atom is -0.319 e. The third-order valence-electron chi connectivity index (χ3n) is 0.821. The van der Waals surface area contributed by atoms with Crippen LogP contribution in [0.5, 0.6) is 0 Å². The van der Waals surface area contributed by atoms with E-state index in [2.05, 4.69) is 6.58 Å². The van der Waals surface area contributed by atoms with Crippen molar-refractivity contribution in [2.24, 2.45) is 0 Å². The fraction of sp³-hybridized carbons (Fsp3) is 0.500. The van der Waals surface area contributed by atoms with E-state index in [9.17, 15) is 0 Å². The van der Waals surface area contributed by atoms with E-state index < -0.39 is 7.73 Å². The zero-order valence-corrected chi connectivity index (χ0v) is 5.86. The Bertz CT molecular complexity index is 98.0. The Morgan fingerprint density at radius 2 is 2.62 bits per heavy atom. The average Bonchev–Trinajstić information content (AvgIpc) is 2.14. The lowest BCUT2D eigenvalue weighted by molar-refractivity contribution is 0.293. The Kier molecular flexibility index (Phi) is 2.27. The smallest absolute Gasteiger partial charge is 0.277 e. The van der Waals surface area contributed by atoms with Crippen molar-refractivity contribution in [3.05, 3.63) is 12.7 Å². The summed E-state index contributed by atoms with van der Waals surface area (Å²) >= 11 is 5.46. The van der Waals surface area contributed by atoms with Gasteiger partial charge in [-0.25, -0.2) is 0 Å². The summed E-state index contributed by atoms with van der Waals surface area (Å²) in [7, 11) is -1.11. The number of halogens is 1. The van der Waals surface area contributed by atoms with Crippen LogP contribution in [0.4, 0.5) is 0 Å². The van der Waals surface area contributed by atoms with Crippen LogP contribution in [0.25, 0.3) is 0 Å². The molecule has 2 atom stereocenters. The second kappa shape index (κ2) is 2.79. The lowest BCUT2D eigenvalue weighted by Gasteiger charge is -1.95. The van der Waals surface area contributed by atoms with Gasteiger partial charge in [-0.2, -0.15) is 0 Å². The van der Waals surface area contributed by atoms with Crippen molar-refractivity contribution in [2.45, 2.75) is 6.10 Å². The largest absolute Gasteiger partial charge is 0.319 e. The van der Waals surface area contributed by atoms with Crippen LogP contribution >= 0.6 is 19.0 Å². The average molecular weight is 153 g/mol. The van der Waals surface area contributed by atoms with E-state index in [1.165, 1.54) is 0 Å². The molecule has 0 amide bonds. The maximum Gasteiger partial charge on any atom is 0.277 e. The van der Waals surface area contributed by atoms with E-state index in [1.807, 2.05) is 0 Å². The van der Waals surface area contributed by atoms with Crippen molar-refractivity contribution in [2.75, 3.05) is 6.61 Å². The van der Waals surface area contributed by atoms with Crippen LogP contribution in [0.15, 0.2) is 12.7 Å². The minimum absolute atomic E-state index is 0.0126. The predicted octanol–water partition coefficient (Wildman–Crippen LogP) is 2.05. The van der Waals surface area contributed by atoms with Crippen molar-refractivity contribution in [3.63, 3.8) is 0 Å². The highest BCUT2D eigenvalue weighted by Crippen LogP contribution is 2.49. The summed E-state index contributed by atoms with van der Waals surface area (Å²) in [5.74, 6) is 0. The highest BCUT2D eigenvalue weighted by molar-refractivity contribution is 7.76. The zero-order valence-electron chi connectivity index (χ0n) is 4.21. The van der Waals surface area contributed by atoms with Gasteiger partial charge in [0.1, 0.15) is 6.10 Å². The van der Waals surface area contributed by atoms with Gasteiger partial charge in [0.25, 0.3) is 7.73 Å². The molecule has 1 aliphatic rings. The van der Waals surface area contributed by atoms with Gasteiger partial charge < -0.3 is 9.05 Å². The van der Waals surface area contributed by atoms with Crippen LogP contribution in [-0.2, 0) is 9.05 Å². The topological polar surface area (TPSA) is 18.5 Å². The molecule has 2 unspecified atom stereocenters. The number of rotatable bonds is 1. The Hall–Kier alpha value is 0.380. The molecule has 0 aromatic rings. The summed E-state index contributed by atoms with van der Waals surface area (Å²) in [6.45, 7) is 4.08. The maximum absolute atomic E-state index is 5.46. The zero-order chi connectivity index (χ0) is 5.98. The molecule has 8 heavy (non-hydrogen) atoms. The first kappa shape index (κ1) is 6.50. The minimum atomic E-state index is -1.11. The van der Waals surface area contributed by atoms with Crippen LogP contribution < -0.4 is 0 Å². The van der Waals surface area contributed by atoms with Crippen LogP contribution in [-0.4, -0.2) is 12.7 Å². The Morgan fingerprint density at radius 3 is 2.88 bits per heavy atom. The highest BCUT2D eigenvalue weighted by Gasteiger charge is 2.21. The molecule has 1 saturated heterocycles. The van der Waals surface area contributed by atoms with Crippen molar-refractivity contribution < 1.29 is 9.05 Å². The second-order valence-corrected chi connectivity index (χ2v) is 3.11. The van der Waals surface area contributed by atoms with E-state index >= 15 is 0 Å². The standard InChI is InChI=1S/C4H6ClO2P/c1-2-4-3-6-8(5)7-4/h2,4H,1,3H2. The Morgan fingerprint density at radius 1 is 1.88 bits per heavy atom. The van der Waals surface area contributed by atoms with Crippen LogP contribution in [0.1, 0.15) is 0 Å². The Labute approximate surface area is 54.1 Å². The summed E-state index contributed by atoms with van der Waals surface area (Å²) in [6, 6.07) is 0. The molecule has 0 bridgehead atoms. The summed E-state index contributed by atoms with van der Waals surface area (Å²) in [6.07, 6.45) is 1.70. The van der Waals surface area contributed by atoms with Gasteiger partial charge in [-0.15, -0.1) is 6.58 Å². The molecule has 2 nitrogen and oxygen atoms in total. The highest BCUT2D eigenvalue weighted by atomic mass is 35.7. The molecule has 1 rings (SSSR count). The normalized spacial score (nSPS) is 37.6. The molecular formula is C4H6ClO2P. The molecule has 0 aliphatic carbocycles. The molecule has 1 aliphatic heterocycles. The molecule has 1 fully saturated rings. The first-order valence-corrected chi connectivity index (χ1v) is 4.29. The molecule has 1 heterocycles. The SMILES string of the molecule is C=CC1COP(Cl)O1. The van der Waals surface area contributed by atoms with Gasteiger partial charge in [0.15, 0.2) is 0 Å². The third-order valence-corrected chi connectivity index (χ3v) is 2.14. The van der Waals surface area contributed by atoms with Crippen molar-refractivity contribution in [3.8, 4) is 0 Å². The molecule has 0 spiro atoms. The van der Waals surface area contributed by atoms with Crippen LogP contribution in [0, 0.1) is 0 Å². The summed E-state index contributed by atoms with van der Waals surface area (Å²) in [4.78, 5) is 0. The molecule has 0 N–H and O–H groups in total. The van der Waals surface area contributed by atoms with Gasteiger partial charge in [-0.05, 0) is 11.2 Å².